The van der Waals surface area contributed by atoms with Crippen molar-refractivity contribution in [3.63, 3.8) is 0 Å². The van der Waals surface area contributed by atoms with Crippen LogP contribution >= 0.6 is 0 Å². The highest BCUT2D eigenvalue weighted by atomic mass is 19.4. The van der Waals surface area contributed by atoms with E-state index in [9.17, 15) is 13.2 Å². The molecule has 1 fully saturated rings. The van der Waals surface area contributed by atoms with Crippen LogP contribution in [0.25, 0.3) is 16.8 Å². The molecule has 1 nitrogen and oxygen atoms in total. The summed E-state index contributed by atoms with van der Waals surface area (Å²) in [5, 5.41) is 2.02. The number of rotatable bonds is 2. The highest BCUT2D eigenvalue weighted by Crippen LogP contribution is 2.50. The molecule has 1 aliphatic heterocycles. The molecule has 3 aromatic rings. The number of hydrogen-bond donors (Lipinski definition) is 0. The molecular formula is C25H16F3O. The lowest BCUT2D eigenvalue weighted by Gasteiger charge is -2.40. The minimum atomic E-state index is -4.38. The van der Waals surface area contributed by atoms with Crippen LogP contribution in [0.15, 0.2) is 66.7 Å². The maximum absolute atomic E-state index is 13.1. The van der Waals surface area contributed by atoms with Crippen molar-refractivity contribution in [1.29, 1.82) is 0 Å². The first-order valence-corrected chi connectivity index (χ1v) is 9.27. The fraction of sp³-hybridized carbons (Fsp3) is 0.0800. The van der Waals surface area contributed by atoms with E-state index in [0.717, 1.165) is 40.1 Å². The van der Waals surface area contributed by atoms with Crippen LogP contribution in [0.2, 0.25) is 0 Å². The zero-order valence-corrected chi connectivity index (χ0v) is 15.3. The first kappa shape index (κ1) is 18.3. The van der Waals surface area contributed by atoms with Crippen molar-refractivity contribution in [3.8, 4) is 5.75 Å². The first-order valence-electron chi connectivity index (χ1n) is 9.27. The van der Waals surface area contributed by atoms with Crippen molar-refractivity contribution >= 4 is 16.8 Å². The van der Waals surface area contributed by atoms with E-state index in [1.165, 1.54) is 12.1 Å². The topological polar surface area (TPSA) is 9.23 Å². The van der Waals surface area contributed by atoms with Gasteiger partial charge in [0.05, 0.1) is 5.56 Å². The summed E-state index contributed by atoms with van der Waals surface area (Å²) in [6.07, 6.45) is 7.18. The van der Waals surface area contributed by atoms with Gasteiger partial charge in [-0.15, -0.1) is 0 Å². The summed E-state index contributed by atoms with van der Waals surface area (Å²) < 4.78 is 45.8. The Kier molecular flexibility index (Phi) is 4.19. The Bertz CT molecular complexity index is 1080. The van der Waals surface area contributed by atoms with Crippen LogP contribution in [-0.2, 0) is 11.8 Å². The molecule has 4 heteroatoms. The largest absolute Gasteiger partial charge is 0.477 e. The molecule has 3 aromatic carbocycles. The number of fused-ring (bicyclic) bond motifs is 3. The van der Waals surface area contributed by atoms with Gasteiger partial charge in [-0.1, -0.05) is 54.6 Å². The fourth-order valence-corrected chi connectivity index (χ4v) is 3.91. The Balaban J connectivity index is 1.65. The summed E-state index contributed by atoms with van der Waals surface area (Å²) in [7, 11) is 0. The summed E-state index contributed by atoms with van der Waals surface area (Å²) in [5.41, 5.74) is -0.0843. The minimum Gasteiger partial charge on any atom is -0.477 e. The average Bonchev–Trinajstić information content (AvgIpc) is 3.28. The van der Waals surface area contributed by atoms with Gasteiger partial charge in [-0.2, -0.15) is 13.2 Å². The van der Waals surface area contributed by atoms with Crippen LogP contribution in [-0.4, -0.2) is 0 Å². The zero-order chi connectivity index (χ0) is 20.1. The van der Waals surface area contributed by atoms with E-state index in [0.29, 0.717) is 5.56 Å². The van der Waals surface area contributed by atoms with Crippen molar-refractivity contribution in [1.82, 2.24) is 0 Å². The molecule has 1 aliphatic carbocycles. The molecule has 0 N–H and O–H groups in total. The van der Waals surface area contributed by atoms with E-state index >= 15 is 0 Å². The van der Waals surface area contributed by atoms with Crippen molar-refractivity contribution in [3.05, 3.63) is 115 Å². The van der Waals surface area contributed by atoms with Crippen molar-refractivity contribution in [2.45, 2.75) is 11.8 Å². The second-order valence-electron chi connectivity index (χ2n) is 7.12. The fourth-order valence-electron chi connectivity index (χ4n) is 3.91. The van der Waals surface area contributed by atoms with Crippen LogP contribution in [0, 0.1) is 31.6 Å². The third kappa shape index (κ3) is 3.02. The summed E-state index contributed by atoms with van der Waals surface area (Å²) in [4.78, 5) is 0. The summed E-state index contributed by atoms with van der Waals surface area (Å²) >= 11 is 0. The zero-order valence-electron chi connectivity index (χ0n) is 15.3. The third-order valence-electron chi connectivity index (χ3n) is 5.40. The Labute approximate surface area is 167 Å². The molecule has 1 heterocycles. The first-order chi connectivity index (χ1) is 14.0. The van der Waals surface area contributed by atoms with Crippen LogP contribution in [0.4, 0.5) is 13.2 Å². The van der Waals surface area contributed by atoms with Gasteiger partial charge in [0.15, 0.2) is 5.60 Å². The highest BCUT2D eigenvalue weighted by molar-refractivity contribution is 5.92. The Morgan fingerprint density at radius 1 is 0.793 bits per heavy atom. The molecule has 143 valence electrons. The van der Waals surface area contributed by atoms with E-state index in [1.807, 2.05) is 74.2 Å². The third-order valence-corrected chi connectivity index (χ3v) is 5.40. The second-order valence-corrected chi connectivity index (χ2v) is 7.12. The van der Waals surface area contributed by atoms with Crippen molar-refractivity contribution in [2.75, 3.05) is 0 Å². The molecule has 0 aromatic heterocycles. The monoisotopic (exact) mass is 389 g/mol. The normalized spacial score (nSPS) is 21.9. The van der Waals surface area contributed by atoms with Gasteiger partial charge in [-0.25, -0.2) is 0 Å². The van der Waals surface area contributed by atoms with Gasteiger partial charge in [0.25, 0.3) is 0 Å². The Hall–Kier alpha value is -2.75. The van der Waals surface area contributed by atoms with Gasteiger partial charge < -0.3 is 4.74 Å². The van der Waals surface area contributed by atoms with E-state index in [1.54, 1.807) is 0 Å². The lowest BCUT2D eigenvalue weighted by atomic mass is 9.77. The SMILES string of the molecule is FC(F)(F)c1ccc(C2([C]3[CH][CH][CH][CH]3)C=Cc3ccc4ccccc4c3O2)cc1. The van der Waals surface area contributed by atoms with Gasteiger partial charge in [0.2, 0.25) is 0 Å². The molecule has 1 saturated carbocycles. The molecule has 0 amide bonds. The maximum Gasteiger partial charge on any atom is 0.416 e. The number of ether oxygens (including phenoxy) is 1. The van der Waals surface area contributed by atoms with Crippen molar-refractivity contribution < 1.29 is 17.9 Å². The maximum atomic E-state index is 13.1. The van der Waals surface area contributed by atoms with Gasteiger partial charge >= 0.3 is 6.18 Å². The van der Waals surface area contributed by atoms with E-state index < -0.39 is 17.3 Å². The number of benzene rings is 3. The van der Waals surface area contributed by atoms with Crippen LogP contribution in [0.5, 0.6) is 5.75 Å². The number of halogens is 3. The van der Waals surface area contributed by atoms with Crippen LogP contribution in [0.1, 0.15) is 16.7 Å². The average molecular weight is 389 g/mol. The second kappa shape index (κ2) is 6.65. The Morgan fingerprint density at radius 3 is 2.24 bits per heavy atom. The molecule has 2 aliphatic rings. The predicted molar refractivity (Wildman–Crippen MR) is 107 cm³/mol. The quantitative estimate of drug-likeness (QED) is 0.482. The number of alkyl halides is 3. The van der Waals surface area contributed by atoms with E-state index in [2.05, 4.69) is 0 Å². The van der Waals surface area contributed by atoms with E-state index in [-0.39, 0.29) is 0 Å². The van der Waals surface area contributed by atoms with Gasteiger partial charge in [0.1, 0.15) is 5.75 Å². The smallest absolute Gasteiger partial charge is 0.416 e. The van der Waals surface area contributed by atoms with E-state index in [4.69, 9.17) is 4.74 Å². The van der Waals surface area contributed by atoms with Gasteiger partial charge in [-0.3, -0.25) is 0 Å². The molecule has 0 saturated heterocycles. The predicted octanol–water partition coefficient (Wildman–Crippen LogP) is 6.56. The van der Waals surface area contributed by atoms with Crippen LogP contribution in [0.3, 0.4) is 0 Å². The van der Waals surface area contributed by atoms with Gasteiger partial charge in [-0.05, 0) is 54.8 Å². The summed E-state index contributed by atoms with van der Waals surface area (Å²) in [5.74, 6) is 1.60. The highest BCUT2D eigenvalue weighted by Gasteiger charge is 2.45. The molecule has 5 radical (unpaired) electrons. The lowest BCUT2D eigenvalue weighted by Crippen LogP contribution is -2.39. The van der Waals surface area contributed by atoms with Crippen molar-refractivity contribution in [2.24, 2.45) is 0 Å². The molecular weight excluding hydrogens is 373 g/mol. The van der Waals surface area contributed by atoms with Crippen LogP contribution < -0.4 is 4.74 Å². The number of hydrogen-bond acceptors (Lipinski definition) is 1. The van der Waals surface area contributed by atoms with Gasteiger partial charge in [0, 0.05) is 16.9 Å². The molecule has 29 heavy (non-hydrogen) atoms. The molecule has 1 unspecified atom stereocenters. The summed E-state index contributed by atoms with van der Waals surface area (Å²) in [6.45, 7) is 0. The molecule has 0 spiro atoms. The minimum absolute atomic E-state index is 0.645. The standard InChI is InChI=1S/C25H16F3O/c26-25(27,28)21-13-11-20(12-14-21)24(19-6-2-3-7-19)16-15-18-10-9-17-5-1-4-8-22(17)23(18)29-24/h1-16H. The molecule has 0 bridgehead atoms. The molecule has 1 atom stereocenters. The summed E-state index contributed by atoms with van der Waals surface area (Å²) in [6, 6.07) is 17.2. The molecule has 5 rings (SSSR count). The lowest BCUT2D eigenvalue weighted by molar-refractivity contribution is -0.137. The Morgan fingerprint density at radius 2 is 1.52 bits per heavy atom.